The third-order valence-electron chi connectivity index (χ3n) is 3.21. The van der Waals surface area contributed by atoms with Gasteiger partial charge in [-0.2, -0.15) is 0 Å². The summed E-state index contributed by atoms with van der Waals surface area (Å²) < 4.78 is 24.7. The molecule has 21 heavy (non-hydrogen) atoms. The van der Waals surface area contributed by atoms with Crippen LogP contribution in [0.1, 0.15) is 18.5 Å². The van der Waals surface area contributed by atoms with Gasteiger partial charge in [-0.3, -0.25) is 0 Å². The Balaban J connectivity index is 2.24. The van der Waals surface area contributed by atoms with E-state index in [-0.39, 0.29) is 11.9 Å². The van der Waals surface area contributed by atoms with Crippen molar-refractivity contribution in [2.75, 3.05) is 19.5 Å². The lowest BCUT2D eigenvalue weighted by Crippen LogP contribution is -2.07. The molecular formula is C16H17BrFNO2. The number of halogens is 2. The molecule has 0 saturated carbocycles. The number of anilines is 1. The van der Waals surface area contributed by atoms with Gasteiger partial charge >= 0.3 is 0 Å². The van der Waals surface area contributed by atoms with Gasteiger partial charge in [-0.05, 0) is 58.7 Å². The molecule has 0 saturated heterocycles. The third-order valence-corrected chi connectivity index (χ3v) is 3.90. The summed E-state index contributed by atoms with van der Waals surface area (Å²) in [5.74, 6) is 1.07. The quantitative estimate of drug-likeness (QED) is 0.838. The number of hydrogen-bond donors (Lipinski definition) is 1. The lowest BCUT2D eigenvalue weighted by molar-refractivity contribution is 0.354. The van der Waals surface area contributed by atoms with Gasteiger partial charge in [0.1, 0.15) is 5.82 Å². The van der Waals surface area contributed by atoms with E-state index in [0.717, 1.165) is 10.0 Å². The average Bonchev–Trinajstić information content (AvgIpc) is 2.50. The van der Waals surface area contributed by atoms with Crippen LogP contribution in [0.2, 0.25) is 0 Å². The van der Waals surface area contributed by atoms with Crippen molar-refractivity contribution < 1.29 is 13.9 Å². The predicted molar refractivity (Wildman–Crippen MR) is 85.7 cm³/mol. The maximum Gasteiger partial charge on any atom is 0.161 e. The Labute approximate surface area is 132 Å². The number of ether oxygens (including phenoxy) is 2. The molecule has 0 amide bonds. The van der Waals surface area contributed by atoms with Crippen LogP contribution in [0.5, 0.6) is 11.5 Å². The van der Waals surface area contributed by atoms with Crippen LogP contribution >= 0.6 is 15.9 Å². The summed E-state index contributed by atoms with van der Waals surface area (Å²) in [6.07, 6.45) is 0. The van der Waals surface area contributed by atoms with Crippen molar-refractivity contribution in [1.82, 2.24) is 0 Å². The van der Waals surface area contributed by atoms with Crippen molar-refractivity contribution in [2.24, 2.45) is 0 Å². The molecule has 1 N–H and O–H groups in total. The lowest BCUT2D eigenvalue weighted by Gasteiger charge is -2.18. The molecule has 0 aliphatic carbocycles. The molecule has 112 valence electrons. The van der Waals surface area contributed by atoms with Gasteiger partial charge in [-0.1, -0.05) is 6.07 Å². The van der Waals surface area contributed by atoms with Crippen LogP contribution in [0.4, 0.5) is 10.1 Å². The Bertz CT molecular complexity index is 634. The largest absolute Gasteiger partial charge is 0.493 e. The number of nitrogens with one attached hydrogen (secondary N) is 1. The van der Waals surface area contributed by atoms with Crippen molar-refractivity contribution in [1.29, 1.82) is 0 Å². The standard InChI is InChI=1S/C16H17BrFNO2/c1-10(19-14-9-12(18)5-6-13(14)17)11-4-7-15(20-2)16(8-11)21-3/h4-10,19H,1-3H3. The summed E-state index contributed by atoms with van der Waals surface area (Å²) >= 11 is 3.41. The van der Waals surface area contributed by atoms with E-state index < -0.39 is 0 Å². The van der Waals surface area contributed by atoms with E-state index in [1.54, 1.807) is 20.3 Å². The first-order chi connectivity index (χ1) is 10.0. The van der Waals surface area contributed by atoms with Crippen LogP contribution in [0, 0.1) is 5.82 Å². The van der Waals surface area contributed by atoms with Crippen LogP contribution < -0.4 is 14.8 Å². The SMILES string of the molecule is COc1ccc(C(C)Nc2cc(F)ccc2Br)cc1OC. The highest BCUT2D eigenvalue weighted by Gasteiger charge is 2.12. The number of rotatable bonds is 5. The molecule has 1 unspecified atom stereocenters. The second-order valence-corrected chi connectivity index (χ2v) is 5.46. The summed E-state index contributed by atoms with van der Waals surface area (Å²) in [6.45, 7) is 2.00. The first-order valence-electron chi connectivity index (χ1n) is 6.48. The highest BCUT2D eigenvalue weighted by Crippen LogP contribution is 2.32. The molecule has 2 rings (SSSR count). The Morgan fingerprint density at radius 3 is 2.43 bits per heavy atom. The Morgan fingerprint density at radius 2 is 1.76 bits per heavy atom. The zero-order valence-corrected chi connectivity index (χ0v) is 13.7. The van der Waals surface area contributed by atoms with E-state index in [9.17, 15) is 4.39 Å². The fourth-order valence-electron chi connectivity index (χ4n) is 2.05. The van der Waals surface area contributed by atoms with Gasteiger partial charge in [0.05, 0.1) is 19.9 Å². The molecular weight excluding hydrogens is 337 g/mol. The normalized spacial score (nSPS) is 11.9. The van der Waals surface area contributed by atoms with E-state index in [1.165, 1.54) is 12.1 Å². The summed E-state index contributed by atoms with van der Waals surface area (Å²) in [5, 5.41) is 3.27. The first-order valence-corrected chi connectivity index (χ1v) is 7.28. The summed E-state index contributed by atoms with van der Waals surface area (Å²) in [5.41, 5.74) is 1.72. The molecule has 0 fully saturated rings. The average molecular weight is 354 g/mol. The smallest absolute Gasteiger partial charge is 0.161 e. The van der Waals surface area contributed by atoms with Crippen LogP contribution in [-0.2, 0) is 0 Å². The van der Waals surface area contributed by atoms with Crippen LogP contribution in [-0.4, -0.2) is 14.2 Å². The zero-order chi connectivity index (χ0) is 15.4. The Morgan fingerprint density at radius 1 is 1.05 bits per heavy atom. The topological polar surface area (TPSA) is 30.5 Å². The molecule has 0 aromatic heterocycles. The maximum atomic E-state index is 13.3. The molecule has 0 spiro atoms. The summed E-state index contributed by atoms with van der Waals surface area (Å²) in [6, 6.07) is 10.3. The molecule has 0 heterocycles. The van der Waals surface area contributed by atoms with Crippen molar-refractivity contribution in [2.45, 2.75) is 13.0 Å². The van der Waals surface area contributed by atoms with E-state index in [2.05, 4.69) is 21.2 Å². The van der Waals surface area contributed by atoms with Gasteiger partial charge in [-0.25, -0.2) is 4.39 Å². The van der Waals surface area contributed by atoms with E-state index in [4.69, 9.17) is 9.47 Å². The molecule has 5 heteroatoms. The number of methoxy groups -OCH3 is 2. The summed E-state index contributed by atoms with van der Waals surface area (Å²) in [7, 11) is 3.20. The van der Waals surface area contributed by atoms with Crippen LogP contribution in [0.3, 0.4) is 0 Å². The highest BCUT2D eigenvalue weighted by atomic mass is 79.9. The van der Waals surface area contributed by atoms with E-state index >= 15 is 0 Å². The lowest BCUT2D eigenvalue weighted by atomic mass is 10.1. The van der Waals surface area contributed by atoms with Crippen molar-refractivity contribution in [3.05, 3.63) is 52.3 Å². The van der Waals surface area contributed by atoms with Gasteiger partial charge in [0.2, 0.25) is 0 Å². The molecule has 0 bridgehead atoms. The number of hydrogen-bond acceptors (Lipinski definition) is 3. The molecule has 0 aliphatic heterocycles. The highest BCUT2D eigenvalue weighted by molar-refractivity contribution is 9.10. The maximum absolute atomic E-state index is 13.3. The fraction of sp³-hybridized carbons (Fsp3) is 0.250. The van der Waals surface area contributed by atoms with Gasteiger partial charge < -0.3 is 14.8 Å². The Kier molecular flexibility index (Phi) is 5.07. The monoisotopic (exact) mass is 353 g/mol. The van der Waals surface area contributed by atoms with Crippen LogP contribution in [0.15, 0.2) is 40.9 Å². The second kappa shape index (κ2) is 6.80. The van der Waals surface area contributed by atoms with Crippen LogP contribution in [0.25, 0.3) is 0 Å². The van der Waals surface area contributed by atoms with E-state index in [0.29, 0.717) is 17.2 Å². The zero-order valence-electron chi connectivity index (χ0n) is 12.1. The third kappa shape index (κ3) is 3.67. The molecule has 2 aromatic carbocycles. The minimum Gasteiger partial charge on any atom is -0.493 e. The van der Waals surface area contributed by atoms with E-state index in [1.807, 2.05) is 25.1 Å². The summed E-state index contributed by atoms with van der Waals surface area (Å²) in [4.78, 5) is 0. The van der Waals surface area contributed by atoms with Crippen molar-refractivity contribution in [3.63, 3.8) is 0 Å². The van der Waals surface area contributed by atoms with Gasteiger partial charge in [0.25, 0.3) is 0 Å². The van der Waals surface area contributed by atoms with Crippen molar-refractivity contribution >= 4 is 21.6 Å². The molecule has 1 atom stereocenters. The van der Waals surface area contributed by atoms with Gasteiger partial charge in [0, 0.05) is 10.5 Å². The van der Waals surface area contributed by atoms with Gasteiger partial charge in [0.15, 0.2) is 11.5 Å². The molecule has 0 radical (unpaired) electrons. The molecule has 2 aromatic rings. The predicted octanol–water partition coefficient (Wildman–Crippen LogP) is 4.78. The fourth-order valence-corrected chi connectivity index (χ4v) is 2.41. The minimum absolute atomic E-state index is 0.0112. The second-order valence-electron chi connectivity index (χ2n) is 4.60. The minimum atomic E-state index is -0.278. The Hall–Kier alpha value is -1.75. The number of benzene rings is 2. The molecule has 0 aliphatic rings. The first kappa shape index (κ1) is 15.6. The van der Waals surface area contributed by atoms with Gasteiger partial charge in [-0.15, -0.1) is 0 Å². The molecule has 3 nitrogen and oxygen atoms in total. The van der Waals surface area contributed by atoms with Crippen molar-refractivity contribution in [3.8, 4) is 11.5 Å².